The number of amides is 1. The number of amidine groups is 1. The lowest BCUT2D eigenvalue weighted by Gasteiger charge is -2.12. The van der Waals surface area contributed by atoms with Crippen molar-refractivity contribution in [2.45, 2.75) is 6.42 Å². The van der Waals surface area contributed by atoms with Crippen LogP contribution in [-0.4, -0.2) is 33.8 Å². The molecule has 0 radical (unpaired) electrons. The first-order valence-electron chi connectivity index (χ1n) is 5.81. The number of carbonyl (C=O) groups excluding carboxylic acids is 1. The van der Waals surface area contributed by atoms with Gasteiger partial charge in [-0.15, -0.1) is 0 Å². The normalized spacial score (nSPS) is 15.5. The molecule has 1 heterocycles. The van der Waals surface area contributed by atoms with Gasteiger partial charge in [0.25, 0.3) is 0 Å². The van der Waals surface area contributed by atoms with Gasteiger partial charge in [-0.2, -0.15) is 0 Å². The molecule has 2 rings (SSSR count). The van der Waals surface area contributed by atoms with Gasteiger partial charge in [0.1, 0.15) is 10.7 Å². The zero-order valence-electron chi connectivity index (χ0n) is 10.4. The van der Waals surface area contributed by atoms with E-state index < -0.39 is 5.97 Å². The largest absolute Gasteiger partial charge is 0.508 e. The van der Waals surface area contributed by atoms with Crippen LogP contribution in [0.1, 0.15) is 12.0 Å². The first-order chi connectivity index (χ1) is 9.54. The van der Waals surface area contributed by atoms with Crippen LogP contribution >= 0.6 is 11.8 Å². The lowest BCUT2D eigenvalue weighted by atomic mass is 10.2. The summed E-state index contributed by atoms with van der Waals surface area (Å²) >= 11 is 0.894. The van der Waals surface area contributed by atoms with E-state index in [4.69, 9.17) is 0 Å². The summed E-state index contributed by atoms with van der Waals surface area (Å²) in [7, 11) is 0. The number of benzene rings is 1. The number of aliphatic carboxylic acids is 1. The van der Waals surface area contributed by atoms with E-state index in [9.17, 15) is 19.8 Å². The molecule has 1 aliphatic rings. The van der Waals surface area contributed by atoms with Crippen molar-refractivity contribution in [1.82, 2.24) is 5.32 Å². The van der Waals surface area contributed by atoms with Gasteiger partial charge in [0.15, 0.2) is 5.17 Å². The van der Waals surface area contributed by atoms with Crippen molar-refractivity contribution in [2.75, 3.05) is 6.54 Å². The van der Waals surface area contributed by atoms with Crippen molar-refractivity contribution >= 4 is 34.9 Å². The molecule has 0 saturated heterocycles. The molecule has 0 spiro atoms. The zero-order chi connectivity index (χ0) is 14.5. The summed E-state index contributed by atoms with van der Waals surface area (Å²) in [6.45, 7) is 0.361. The number of phenols is 1. The molecule has 0 bridgehead atoms. The number of aliphatic imine (C=N–C) groups is 1. The topological polar surface area (TPSA) is 99.0 Å². The lowest BCUT2D eigenvalue weighted by Crippen LogP contribution is -2.33. The van der Waals surface area contributed by atoms with Crippen LogP contribution in [0.15, 0.2) is 34.2 Å². The predicted octanol–water partition coefficient (Wildman–Crippen LogP) is 1.43. The van der Waals surface area contributed by atoms with E-state index in [1.54, 1.807) is 12.1 Å². The summed E-state index contributed by atoms with van der Waals surface area (Å²) in [5.74, 6) is -1.17. The average Bonchev–Trinajstić information content (AvgIpc) is 2.40. The first-order valence-corrected chi connectivity index (χ1v) is 6.62. The Labute approximate surface area is 119 Å². The van der Waals surface area contributed by atoms with E-state index in [2.05, 4.69) is 10.3 Å². The fraction of sp³-hybridized carbons (Fsp3) is 0.154. The maximum absolute atomic E-state index is 11.2. The van der Waals surface area contributed by atoms with Crippen LogP contribution in [0.5, 0.6) is 5.75 Å². The van der Waals surface area contributed by atoms with Crippen molar-refractivity contribution < 1.29 is 19.8 Å². The summed E-state index contributed by atoms with van der Waals surface area (Å²) in [6, 6.07) is 6.13. The number of hydrogen-bond acceptors (Lipinski definition) is 5. The number of nitrogens with one attached hydrogen (secondary N) is 1. The van der Waals surface area contributed by atoms with Crippen LogP contribution in [-0.2, 0) is 9.59 Å². The van der Waals surface area contributed by atoms with E-state index in [1.165, 1.54) is 18.2 Å². The van der Waals surface area contributed by atoms with E-state index in [0.29, 0.717) is 18.5 Å². The highest BCUT2D eigenvalue weighted by molar-refractivity contribution is 8.18. The Bertz CT molecular complexity index is 593. The van der Waals surface area contributed by atoms with Crippen molar-refractivity contribution in [2.24, 2.45) is 4.99 Å². The number of thioether (sulfide) groups is 1. The Morgan fingerprint density at radius 1 is 1.35 bits per heavy atom. The molecule has 3 N–H and O–H groups in total. The third-order valence-corrected chi connectivity index (χ3v) is 3.39. The van der Waals surface area contributed by atoms with E-state index in [0.717, 1.165) is 11.8 Å². The third kappa shape index (κ3) is 3.86. The van der Waals surface area contributed by atoms with Crippen LogP contribution in [0.3, 0.4) is 0 Å². The van der Waals surface area contributed by atoms with Crippen molar-refractivity contribution in [1.29, 1.82) is 0 Å². The number of nitrogens with zero attached hydrogens (tertiary/aromatic N) is 1. The minimum absolute atomic E-state index is 0.0386. The number of aromatic hydroxyl groups is 1. The van der Waals surface area contributed by atoms with Crippen molar-refractivity contribution in [3.63, 3.8) is 0 Å². The second kappa shape index (κ2) is 6.25. The van der Waals surface area contributed by atoms with E-state index in [-0.39, 0.29) is 21.7 Å². The lowest BCUT2D eigenvalue weighted by molar-refractivity contribution is -0.131. The van der Waals surface area contributed by atoms with Gasteiger partial charge in [0.2, 0.25) is 5.91 Å². The molecule has 0 saturated carbocycles. The number of carbonyl (C=O) groups is 2. The third-order valence-electron chi connectivity index (χ3n) is 2.45. The second-order valence-corrected chi connectivity index (χ2v) is 5.02. The number of rotatable bonds is 3. The van der Waals surface area contributed by atoms with Gasteiger partial charge in [-0.3, -0.25) is 9.79 Å². The molecular weight excluding hydrogens is 280 g/mol. The molecule has 6 nitrogen and oxygen atoms in total. The monoisotopic (exact) mass is 292 g/mol. The van der Waals surface area contributed by atoms with Gasteiger partial charge < -0.3 is 15.5 Å². The molecule has 104 valence electrons. The number of phenolic OH excluding ortho intramolecular Hbond substituents is 1. The van der Waals surface area contributed by atoms with E-state index in [1.807, 2.05) is 0 Å². The Balaban J connectivity index is 2.19. The van der Waals surface area contributed by atoms with Crippen LogP contribution in [0, 0.1) is 0 Å². The molecule has 0 atom stereocenters. The highest BCUT2D eigenvalue weighted by Gasteiger charge is 2.17. The fourth-order valence-corrected chi connectivity index (χ4v) is 2.31. The first kappa shape index (κ1) is 14.1. The molecule has 0 fully saturated rings. The highest BCUT2D eigenvalue weighted by atomic mass is 32.2. The molecule has 1 aromatic rings. The Morgan fingerprint density at radius 3 is 2.65 bits per heavy atom. The molecule has 1 amide bonds. The van der Waals surface area contributed by atoms with Gasteiger partial charge in [0.05, 0.1) is 6.54 Å². The average molecular weight is 292 g/mol. The molecular formula is C13H12N2O4S. The molecule has 7 heteroatoms. The highest BCUT2D eigenvalue weighted by Crippen LogP contribution is 2.22. The molecule has 0 aromatic heterocycles. The SMILES string of the molecule is O=C1CCN=C(SC(=Cc2ccc(O)cc2)C(=O)O)N1. The number of hydrogen-bond donors (Lipinski definition) is 3. The smallest absolute Gasteiger partial charge is 0.342 e. The molecule has 1 aliphatic heterocycles. The standard InChI is InChI=1S/C13H12N2O4S/c16-9-3-1-8(2-4-9)7-10(12(18)19)20-13-14-6-5-11(17)15-13/h1-4,7,16H,5-6H2,(H,18,19)(H,14,15,17). The van der Waals surface area contributed by atoms with Crippen molar-refractivity contribution in [3.8, 4) is 5.75 Å². The van der Waals surface area contributed by atoms with Gasteiger partial charge in [-0.05, 0) is 35.5 Å². The number of carboxylic acid groups (broad SMARTS) is 1. The van der Waals surface area contributed by atoms with Crippen LogP contribution in [0.2, 0.25) is 0 Å². The van der Waals surface area contributed by atoms with Gasteiger partial charge in [-0.1, -0.05) is 12.1 Å². The quantitative estimate of drug-likeness (QED) is 0.732. The summed E-state index contributed by atoms with van der Waals surface area (Å²) in [6.07, 6.45) is 1.77. The second-order valence-electron chi connectivity index (χ2n) is 3.99. The van der Waals surface area contributed by atoms with E-state index >= 15 is 0 Å². The van der Waals surface area contributed by atoms with Crippen LogP contribution in [0.4, 0.5) is 0 Å². The van der Waals surface area contributed by atoms with Crippen LogP contribution < -0.4 is 5.32 Å². The molecule has 20 heavy (non-hydrogen) atoms. The summed E-state index contributed by atoms with van der Waals surface area (Å²) in [5, 5.41) is 21.2. The minimum Gasteiger partial charge on any atom is -0.508 e. The maximum Gasteiger partial charge on any atom is 0.342 e. The number of carboxylic acids is 1. The maximum atomic E-state index is 11.2. The Kier molecular flexibility index (Phi) is 4.41. The van der Waals surface area contributed by atoms with Crippen molar-refractivity contribution in [3.05, 3.63) is 34.7 Å². The summed E-state index contributed by atoms with van der Waals surface area (Å²) in [4.78, 5) is 26.5. The minimum atomic E-state index is -1.11. The Hall–Kier alpha value is -2.28. The summed E-state index contributed by atoms with van der Waals surface area (Å²) in [5.41, 5.74) is 0.635. The van der Waals surface area contributed by atoms with Crippen LogP contribution in [0.25, 0.3) is 6.08 Å². The zero-order valence-corrected chi connectivity index (χ0v) is 11.2. The Morgan fingerprint density at radius 2 is 2.05 bits per heavy atom. The molecule has 0 unspecified atom stereocenters. The molecule has 1 aromatic carbocycles. The summed E-state index contributed by atoms with van der Waals surface area (Å²) < 4.78 is 0. The van der Waals surface area contributed by atoms with Gasteiger partial charge in [-0.25, -0.2) is 4.79 Å². The van der Waals surface area contributed by atoms with Gasteiger partial charge >= 0.3 is 5.97 Å². The van der Waals surface area contributed by atoms with Gasteiger partial charge in [0, 0.05) is 6.42 Å². The fourth-order valence-electron chi connectivity index (χ4n) is 1.50. The molecule has 0 aliphatic carbocycles. The predicted molar refractivity (Wildman–Crippen MR) is 76.4 cm³/mol.